The third kappa shape index (κ3) is 5.02. The minimum absolute atomic E-state index is 0.644. The first kappa shape index (κ1) is 36.6. The Kier molecular flexibility index (Phi) is 7.50. The second kappa shape index (κ2) is 13.9. The standard InChI is InChI=1S/C56H30N12/c1-3-14-41-32(8-1)31(20-22-57-41)35-18-19-37-36-10-5-13-40-50-54(64-29-28-63-50)67(52(36)40)56(46(38-11-6-16-43-48(38)61-26-24-59-43)39-12-7-17-44-49(39)62-27-25-60-44)68-53(37)47(35)51-55(68)65-30-45(66-51)34-21-23-58-42-15-4-2-9-33(34)42/h1-30H. The number of aromatic nitrogens is 12. The summed E-state index contributed by atoms with van der Waals surface area (Å²) in [6, 6.07) is 43.8. The van der Waals surface area contributed by atoms with Gasteiger partial charge in [0.1, 0.15) is 16.5 Å². The second-order valence-electron chi connectivity index (χ2n) is 16.8. The number of nitrogens with zero attached hydrogens (tertiary/aromatic N) is 12. The molecule has 314 valence electrons. The number of para-hydroxylation sites is 5. The van der Waals surface area contributed by atoms with Gasteiger partial charge in [-0.05, 0) is 47.5 Å². The molecule has 0 amide bonds. The first-order valence-electron chi connectivity index (χ1n) is 22.2. The van der Waals surface area contributed by atoms with Crippen LogP contribution in [0.15, 0.2) is 183 Å². The van der Waals surface area contributed by atoms with Gasteiger partial charge in [0.15, 0.2) is 11.3 Å². The maximum Gasteiger partial charge on any atom is 0.165 e. The van der Waals surface area contributed by atoms with Crippen LogP contribution in [0.5, 0.6) is 0 Å². The maximum atomic E-state index is 5.72. The number of hydrogen-bond donors (Lipinski definition) is 0. The lowest BCUT2D eigenvalue weighted by molar-refractivity contribution is 0.998. The largest absolute Gasteiger partial charge is 0.276 e. The van der Waals surface area contributed by atoms with Crippen LogP contribution in [-0.4, -0.2) is 58.6 Å². The summed E-state index contributed by atoms with van der Waals surface area (Å²) in [4.78, 5) is 50.7. The molecule has 0 radical (unpaired) electrons. The molecule has 0 saturated heterocycles. The van der Waals surface area contributed by atoms with Crippen LogP contribution >= 0.6 is 0 Å². The van der Waals surface area contributed by atoms with E-state index in [-0.39, 0.29) is 0 Å². The Bertz CT molecular complexity index is 4610. The number of benzene rings is 6. The van der Waals surface area contributed by atoms with Gasteiger partial charge in [-0.25, -0.2) is 15.0 Å². The van der Waals surface area contributed by atoms with Crippen molar-refractivity contribution < 1.29 is 0 Å². The Labute approximate surface area is 383 Å². The molecule has 9 heterocycles. The molecule has 0 spiro atoms. The fraction of sp³-hybridized carbons (Fsp3) is 0. The van der Waals surface area contributed by atoms with Crippen LogP contribution in [0.3, 0.4) is 0 Å². The molecule has 0 aliphatic rings. The Hall–Kier alpha value is -9.68. The molecule has 0 N–H and O–H groups in total. The van der Waals surface area contributed by atoms with Crippen molar-refractivity contribution in [1.29, 1.82) is 0 Å². The quantitative estimate of drug-likeness (QED) is 0.168. The molecule has 0 bridgehead atoms. The van der Waals surface area contributed by atoms with E-state index in [1.807, 2.05) is 73.2 Å². The van der Waals surface area contributed by atoms with Crippen molar-refractivity contribution >= 4 is 104 Å². The van der Waals surface area contributed by atoms with E-state index in [4.69, 9.17) is 49.8 Å². The molecule has 0 aliphatic heterocycles. The fourth-order valence-corrected chi connectivity index (χ4v) is 10.6. The molecule has 12 heteroatoms. The molecule has 0 aliphatic carbocycles. The Morgan fingerprint density at radius 3 is 1.60 bits per heavy atom. The minimum Gasteiger partial charge on any atom is -0.276 e. The van der Waals surface area contributed by atoms with E-state index in [1.54, 1.807) is 37.2 Å². The van der Waals surface area contributed by atoms with Gasteiger partial charge in [0, 0.05) is 104 Å². The van der Waals surface area contributed by atoms with E-state index >= 15 is 0 Å². The zero-order valence-corrected chi connectivity index (χ0v) is 35.7. The molecule has 0 fully saturated rings. The Morgan fingerprint density at radius 2 is 0.868 bits per heavy atom. The van der Waals surface area contributed by atoms with E-state index in [9.17, 15) is 0 Å². The van der Waals surface area contributed by atoms with Crippen molar-refractivity contribution in [1.82, 2.24) is 58.6 Å². The van der Waals surface area contributed by atoms with Gasteiger partial charge in [-0.3, -0.25) is 43.7 Å². The van der Waals surface area contributed by atoms with E-state index in [2.05, 4.69) is 81.6 Å². The molecule has 6 aromatic carbocycles. The lowest BCUT2D eigenvalue weighted by Crippen LogP contribution is -2.25. The molecule has 0 unspecified atom stereocenters. The smallest absolute Gasteiger partial charge is 0.165 e. The summed E-state index contributed by atoms with van der Waals surface area (Å²) in [5.74, 6) is 0. The summed E-state index contributed by atoms with van der Waals surface area (Å²) >= 11 is 0. The van der Waals surface area contributed by atoms with Crippen LogP contribution in [0, 0.1) is 0 Å². The summed E-state index contributed by atoms with van der Waals surface area (Å²) in [6.45, 7) is 0. The topological polar surface area (TPSA) is 138 Å². The highest BCUT2D eigenvalue weighted by molar-refractivity contribution is 6.26. The van der Waals surface area contributed by atoms with Crippen LogP contribution in [0.25, 0.3) is 127 Å². The molecule has 9 aromatic heterocycles. The van der Waals surface area contributed by atoms with Gasteiger partial charge >= 0.3 is 0 Å². The van der Waals surface area contributed by atoms with Crippen molar-refractivity contribution in [2.24, 2.45) is 0 Å². The number of fused-ring (bicyclic) bond motifs is 11. The summed E-state index contributed by atoms with van der Waals surface area (Å²) in [5, 5.41) is 5.92. The lowest BCUT2D eigenvalue weighted by Gasteiger charge is -2.14. The second-order valence-corrected chi connectivity index (χ2v) is 16.8. The normalized spacial score (nSPS) is 12.1. The van der Waals surface area contributed by atoms with Crippen molar-refractivity contribution in [3.8, 4) is 22.4 Å². The lowest BCUT2D eigenvalue weighted by atomic mass is 9.95. The van der Waals surface area contributed by atoms with Crippen LogP contribution in [0.2, 0.25) is 0 Å². The average molecular weight is 871 g/mol. The highest BCUT2D eigenvalue weighted by Gasteiger charge is 2.28. The third-order valence-corrected chi connectivity index (χ3v) is 13.3. The van der Waals surface area contributed by atoms with Gasteiger partial charge < -0.3 is 0 Å². The van der Waals surface area contributed by atoms with Gasteiger partial charge in [0.25, 0.3) is 0 Å². The summed E-state index contributed by atoms with van der Waals surface area (Å²) in [6.07, 6.45) is 16.1. The predicted molar refractivity (Wildman–Crippen MR) is 267 cm³/mol. The van der Waals surface area contributed by atoms with E-state index in [1.165, 1.54) is 0 Å². The summed E-state index contributed by atoms with van der Waals surface area (Å²) < 4.78 is 4.56. The van der Waals surface area contributed by atoms with Crippen molar-refractivity contribution in [3.63, 3.8) is 0 Å². The molecule has 15 rings (SSSR count). The van der Waals surface area contributed by atoms with Crippen molar-refractivity contribution in [2.45, 2.75) is 0 Å². The Morgan fingerprint density at radius 1 is 0.338 bits per heavy atom. The van der Waals surface area contributed by atoms with Crippen LogP contribution in [-0.2, 0) is 0 Å². The molecule has 0 saturated carbocycles. The zero-order valence-electron chi connectivity index (χ0n) is 35.7. The maximum absolute atomic E-state index is 5.72. The highest BCUT2D eigenvalue weighted by Crippen LogP contribution is 2.43. The van der Waals surface area contributed by atoms with Crippen molar-refractivity contribution in [2.75, 3.05) is 0 Å². The van der Waals surface area contributed by atoms with E-state index in [0.717, 1.165) is 132 Å². The van der Waals surface area contributed by atoms with Crippen LogP contribution < -0.4 is 5.48 Å². The first-order chi connectivity index (χ1) is 33.8. The predicted octanol–water partition coefficient (Wildman–Crippen LogP) is 10.7. The Balaban J connectivity index is 1.29. The monoisotopic (exact) mass is 870 g/mol. The average Bonchev–Trinajstić information content (AvgIpc) is 3.88. The third-order valence-electron chi connectivity index (χ3n) is 13.3. The van der Waals surface area contributed by atoms with Crippen LogP contribution in [0.4, 0.5) is 0 Å². The van der Waals surface area contributed by atoms with Crippen LogP contribution in [0.1, 0.15) is 11.1 Å². The van der Waals surface area contributed by atoms with E-state index < -0.39 is 0 Å². The van der Waals surface area contributed by atoms with Gasteiger partial charge in [0.2, 0.25) is 0 Å². The molecular weight excluding hydrogens is 841 g/mol. The van der Waals surface area contributed by atoms with Crippen molar-refractivity contribution in [3.05, 3.63) is 200 Å². The molecule has 15 aromatic rings. The minimum atomic E-state index is 0.644. The van der Waals surface area contributed by atoms with E-state index in [0.29, 0.717) is 11.3 Å². The van der Waals surface area contributed by atoms with Gasteiger partial charge in [-0.15, -0.1) is 0 Å². The first-order valence-corrected chi connectivity index (χ1v) is 22.2. The van der Waals surface area contributed by atoms with Gasteiger partial charge in [-0.1, -0.05) is 91.0 Å². The highest BCUT2D eigenvalue weighted by atomic mass is 15.1. The molecule has 12 nitrogen and oxygen atoms in total. The number of pyridine rings is 2. The molecular formula is C56H30N12. The van der Waals surface area contributed by atoms with Gasteiger partial charge in [-0.2, -0.15) is 0 Å². The van der Waals surface area contributed by atoms with Gasteiger partial charge in [0.05, 0.1) is 56.0 Å². The summed E-state index contributed by atoms with van der Waals surface area (Å²) in [7, 11) is 0. The summed E-state index contributed by atoms with van der Waals surface area (Å²) in [5.41, 5.74) is 16.3. The number of rotatable bonds is 4. The number of hydrogen-bond acceptors (Lipinski definition) is 10. The SMILES string of the molecule is c1ccc2c(-c3cnc4c(n3)c3c(-c5ccnc6ccccc56)ccc5c6cccc7c8nccnc8n(c(=C(c8cccc9nccnc89)c8cccc9nccnc89)n4c53)c67)ccnc2c1. The zero-order chi connectivity index (χ0) is 44.5. The molecule has 68 heavy (non-hydrogen) atoms. The fourth-order valence-electron chi connectivity index (χ4n) is 10.6. The molecule has 0 atom stereocenters.